The molecule has 0 saturated carbocycles. The highest BCUT2D eigenvalue weighted by molar-refractivity contribution is 7.99. The van der Waals surface area contributed by atoms with Crippen LogP contribution in [0.3, 0.4) is 0 Å². The number of nitrogens with one attached hydrogen (secondary N) is 1. The Kier molecular flexibility index (Phi) is 5.79. The second kappa shape index (κ2) is 8.63. The minimum atomic E-state index is 0.0477. The monoisotopic (exact) mass is 400 g/mol. The molecule has 1 amide bonds. The van der Waals surface area contributed by atoms with Gasteiger partial charge in [-0.1, -0.05) is 23.4 Å². The largest absolute Gasteiger partial charge is 0.493 e. The van der Waals surface area contributed by atoms with Crippen molar-refractivity contribution in [3.63, 3.8) is 0 Å². The van der Waals surface area contributed by atoms with Gasteiger partial charge in [0.05, 0.1) is 22.9 Å². The summed E-state index contributed by atoms with van der Waals surface area (Å²) in [7, 11) is 0. The molecule has 0 spiro atoms. The Balaban J connectivity index is 1.16. The molecule has 2 aromatic heterocycles. The molecule has 3 heterocycles. The van der Waals surface area contributed by atoms with Crippen molar-refractivity contribution in [2.75, 3.05) is 18.9 Å². The first-order valence-electron chi connectivity index (χ1n) is 8.86. The lowest BCUT2D eigenvalue weighted by molar-refractivity contribution is -0.118. The van der Waals surface area contributed by atoms with Gasteiger partial charge < -0.3 is 14.6 Å². The number of amides is 1. The molecule has 1 N–H and O–H groups in total. The van der Waals surface area contributed by atoms with Gasteiger partial charge in [-0.3, -0.25) is 4.79 Å². The van der Waals surface area contributed by atoms with Gasteiger partial charge >= 0.3 is 0 Å². The standard InChI is InChI=1S/C20H20N2O3S2/c23-20(21-7-5-14-3-4-17-15(10-14)6-8-24-17)13-26-12-16-11-18(25-22-16)19-2-1-9-27-19/h1-4,9-11H,5-8,12-13H2,(H,21,23). The van der Waals surface area contributed by atoms with Gasteiger partial charge in [-0.15, -0.1) is 23.1 Å². The number of thioether (sulfide) groups is 1. The molecule has 27 heavy (non-hydrogen) atoms. The van der Waals surface area contributed by atoms with Crippen molar-refractivity contribution >= 4 is 29.0 Å². The van der Waals surface area contributed by atoms with Crippen LogP contribution in [0, 0.1) is 0 Å². The maximum atomic E-state index is 12.0. The highest BCUT2D eigenvalue weighted by Crippen LogP contribution is 2.27. The number of carbonyl (C=O) groups excluding carboxylic acids is 1. The Morgan fingerprint density at radius 3 is 3.15 bits per heavy atom. The van der Waals surface area contributed by atoms with E-state index in [4.69, 9.17) is 9.26 Å². The van der Waals surface area contributed by atoms with Crippen LogP contribution in [-0.4, -0.2) is 30.0 Å². The van der Waals surface area contributed by atoms with Crippen LogP contribution in [0.5, 0.6) is 5.75 Å². The van der Waals surface area contributed by atoms with E-state index in [0.717, 1.165) is 41.5 Å². The lowest BCUT2D eigenvalue weighted by Gasteiger charge is -2.06. The quantitative estimate of drug-likeness (QED) is 0.621. The second-order valence-corrected chi connectivity index (χ2v) is 8.23. The number of thiophene rings is 1. The number of ether oxygens (including phenoxy) is 1. The summed E-state index contributed by atoms with van der Waals surface area (Å²) in [6, 6.07) is 12.2. The van der Waals surface area contributed by atoms with Gasteiger partial charge in [-0.2, -0.15) is 0 Å². The SMILES string of the molecule is O=C(CSCc1cc(-c2cccs2)on1)NCCc1ccc2c(c1)CCO2. The minimum absolute atomic E-state index is 0.0477. The number of hydrogen-bond acceptors (Lipinski definition) is 6. The zero-order valence-corrected chi connectivity index (χ0v) is 16.4. The van der Waals surface area contributed by atoms with E-state index in [1.807, 2.05) is 29.6 Å². The summed E-state index contributed by atoms with van der Waals surface area (Å²) in [5.74, 6) is 2.90. The Morgan fingerprint density at radius 1 is 1.30 bits per heavy atom. The van der Waals surface area contributed by atoms with Crippen LogP contribution in [0.15, 0.2) is 46.3 Å². The number of carbonyl (C=O) groups is 1. The van der Waals surface area contributed by atoms with Crippen LogP contribution in [0.4, 0.5) is 0 Å². The highest BCUT2D eigenvalue weighted by atomic mass is 32.2. The molecule has 0 unspecified atom stereocenters. The van der Waals surface area contributed by atoms with Gasteiger partial charge in [0.2, 0.25) is 5.91 Å². The maximum Gasteiger partial charge on any atom is 0.230 e. The van der Waals surface area contributed by atoms with Gasteiger partial charge in [-0.05, 0) is 35.1 Å². The van der Waals surface area contributed by atoms with E-state index in [1.165, 1.54) is 22.9 Å². The highest BCUT2D eigenvalue weighted by Gasteiger charge is 2.12. The summed E-state index contributed by atoms with van der Waals surface area (Å²) >= 11 is 3.16. The maximum absolute atomic E-state index is 12.0. The third kappa shape index (κ3) is 4.73. The number of benzene rings is 1. The number of aromatic nitrogens is 1. The zero-order valence-electron chi connectivity index (χ0n) is 14.8. The summed E-state index contributed by atoms with van der Waals surface area (Å²) in [5.41, 5.74) is 3.36. The average Bonchev–Trinajstić information content (AvgIpc) is 3.42. The molecule has 1 aliphatic rings. The van der Waals surface area contributed by atoms with Gasteiger partial charge in [0, 0.05) is 24.8 Å². The normalized spacial score (nSPS) is 12.6. The molecule has 4 rings (SSSR count). The lowest BCUT2D eigenvalue weighted by Crippen LogP contribution is -2.27. The van der Waals surface area contributed by atoms with Crippen LogP contribution >= 0.6 is 23.1 Å². The zero-order chi connectivity index (χ0) is 18.5. The lowest BCUT2D eigenvalue weighted by atomic mass is 10.1. The van der Waals surface area contributed by atoms with Crippen LogP contribution in [0.1, 0.15) is 16.8 Å². The molecular formula is C20H20N2O3S2. The van der Waals surface area contributed by atoms with E-state index < -0.39 is 0 Å². The Bertz CT molecular complexity index is 906. The third-order valence-corrected chi connectivity index (χ3v) is 6.15. The van der Waals surface area contributed by atoms with E-state index in [9.17, 15) is 4.79 Å². The van der Waals surface area contributed by atoms with Crippen LogP contribution < -0.4 is 10.1 Å². The predicted molar refractivity (Wildman–Crippen MR) is 108 cm³/mol. The fourth-order valence-electron chi connectivity index (χ4n) is 2.96. The second-order valence-electron chi connectivity index (χ2n) is 6.29. The molecule has 1 aromatic carbocycles. The Labute approximate surface area is 166 Å². The molecule has 0 saturated heterocycles. The van der Waals surface area contributed by atoms with E-state index in [1.54, 1.807) is 11.3 Å². The number of rotatable bonds is 8. The van der Waals surface area contributed by atoms with E-state index >= 15 is 0 Å². The van der Waals surface area contributed by atoms with E-state index in [-0.39, 0.29) is 5.91 Å². The van der Waals surface area contributed by atoms with Gasteiger partial charge in [-0.25, -0.2) is 0 Å². The molecule has 0 atom stereocenters. The van der Waals surface area contributed by atoms with Crippen molar-refractivity contribution in [2.24, 2.45) is 0 Å². The van der Waals surface area contributed by atoms with Gasteiger partial charge in [0.15, 0.2) is 5.76 Å². The summed E-state index contributed by atoms with van der Waals surface area (Å²) in [6.45, 7) is 1.42. The van der Waals surface area contributed by atoms with E-state index in [2.05, 4.69) is 22.6 Å². The molecular weight excluding hydrogens is 380 g/mol. The molecule has 0 fully saturated rings. The first-order valence-corrected chi connectivity index (χ1v) is 10.9. The fourth-order valence-corrected chi connectivity index (χ4v) is 4.36. The van der Waals surface area contributed by atoms with Crippen molar-refractivity contribution in [3.8, 4) is 16.4 Å². The van der Waals surface area contributed by atoms with Crippen molar-refractivity contribution in [3.05, 3.63) is 58.6 Å². The van der Waals surface area contributed by atoms with Crippen LogP contribution in [-0.2, 0) is 23.4 Å². The van der Waals surface area contributed by atoms with Crippen LogP contribution in [0.25, 0.3) is 10.6 Å². The molecule has 1 aliphatic heterocycles. The first-order chi connectivity index (χ1) is 13.3. The molecule has 140 valence electrons. The Hall–Kier alpha value is -2.25. The third-order valence-electron chi connectivity index (χ3n) is 4.30. The number of hydrogen-bond donors (Lipinski definition) is 1. The molecule has 5 nitrogen and oxygen atoms in total. The van der Waals surface area contributed by atoms with Crippen molar-refractivity contribution in [1.82, 2.24) is 10.5 Å². The minimum Gasteiger partial charge on any atom is -0.493 e. The van der Waals surface area contributed by atoms with Crippen molar-refractivity contribution in [1.29, 1.82) is 0 Å². The average molecular weight is 401 g/mol. The fraction of sp³-hybridized carbons (Fsp3) is 0.300. The molecule has 0 radical (unpaired) electrons. The topological polar surface area (TPSA) is 64.4 Å². The molecule has 0 aliphatic carbocycles. The summed E-state index contributed by atoms with van der Waals surface area (Å²) < 4.78 is 10.9. The van der Waals surface area contributed by atoms with Gasteiger partial charge in [0.25, 0.3) is 0 Å². The summed E-state index contributed by atoms with van der Waals surface area (Å²) in [4.78, 5) is 13.1. The molecule has 3 aromatic rings. The Morgan fingerprint density at radius 2 is 2.26 bits per heavy atom. The van der Waals surface area contributed by atoms with Crippen molar-refractivity contribution in [2.45, 2.75) is 18.6 Å². The van der Waals surface area contributed by atoms with Crippen LogP contribution in [0.2, 0.25) is 0 Å². The van der Waals surface area contributed by atoms with Crippen molar-refractivity contribution < 1.29 is 14.1 Å². The number of nitrogens with zero attached hydrogens (tertiary/aromatic N) is 1. The molecule has 0 bridgehead atoms. The summed E-state index contributed by atoms with van der Waals surface area (Å²) in [6.07, 6.45) is 1.81. The number of fused-ring (bicyclic) bond motifs is 1. The van der Waals surface area contributed by atoms with Gasteiger partial charge in [0.1, 0.15) is 5.75 Å². The first kappa shape index (κ1) is 18.1. The van der Waals surface area contributed by atoms with E-state index in [0.29, 0.717) is 18.1 Å². The molecule has 7 heteroatoms. The summed E-state index contributed by atoms with van der Waals surface area (Å²) in [5, 5.41) is 9.05. The predicted octanol–water partition coefficient (Wildman–Crippen LogP) is 3.93. The smallest absolute Gasteiger partial charge is 0.230 e.